The van der Waals surface area contributed by atoms with Gasteiger partial charge in [0, 0.05) is 6.54 Å². The van der Waals surface area contributed by atoms with Crippen LogP contribution in [0, 0.1) is 0 Å². The minimum Gasteiger partial charge on any atom is -0.244 e. The van der Waals surface area contributed by atoms with Crippen molar-refractivity contribution in [1.82, 2.24) is 19.7 Å². The molecule has 0 unspecified atom stereocenters. The first-order chi connectivity index (χ1) is 12.7. The number of benzene rings is 2. The monoisotopic (exact) mass is 409 g/mol. The van der Waals surface area contributed by atoms with Crippen LogP contribution in [0.2, 0.25) is 0 Å². The van der Waals surface area contributed by atoms with E-state index in [0.29, 0.717) is 16.6 Å². The lowest BCUT2D eigenvalue weighted by Gasteiger charge is -2.08. The highest BCUT2D eigenvalue weighted by Gasteiger charge is 2.13. The maximum absolute atomic E-state index is 12.2. The van der Waals surface area contributed by atoms with E-state index in [0.717, 1.165) is 5.52 Å². The molecule has 0 amide bonds. The molecule has 27 heavy (non-hydrogen) atoms. The number of primary sulfonamides is 1. The average Bonchev–Trinajstić information content (AvgIpc) is 3.02. The zero-order valence-corrected chi connectivity index (χ0v) is 15.9. The molecule has 0 spiro atoms. The molecular weight excluding hydrogens is 390 g/mol. The van der Waals surface area contributed by atoms with Gasteiger partial charge in [-0.15, -0.1) is 5.10 Å². The number of hydrogen-bond acceptors (Lipinski definition) is 6. The van der Waals surface area contributed by atoms with Gasteiger partial charge in [-0.25, -0.2) is 31.4 Å². The van der Waals surface area contributed by atoms with Crippen LogP contribution in [0.5, 0.6) is 0 Å². The first-order valence-corrected chi connectivity index (χ1v) is 11.4. The molecule has 1 aromatic heterocycles. The third-order valence-electron chi connectivity index (χ3n) is 3.88. The van der Waals surface area contributed by atoms with Crippen LogP contribution >= 0.6 is 0 Å². The number of para-hydroxylation sites is 1. The fraction of sp³-hybridized carbons (Fsp3) is 0.250. The second-order valence-electron chi connectivity index (χ2n) is 6.06. The number of sulfonamides is 2. The van der Waals surface area contributed by atoms with Gasteiger partial charge in [-0.2, -0.15) is 0 Å². The zero-order chi connectivity index (χ0) is 19.5. The van der Waals surface area contributed by atoms with Crippen molar-refractivity contribution >= 4 is 31.1 Å². The molecule has 0 aliphatic heterocycles. The minimum atomic E-state index is -3.60. The summed E-state index contributed by atoms with van der Waals surface area (Å²) in [7, 11) is -7.11. The number of nitrogens with one attached hydrogen (secondary N) is 1. The number of fused-ring (bicyclic) bond motifs is 1. The molecule has 0 radical (unpaired) electrons. The summed E-state index contributed by atoms with van der Waals surface area (Å²) in [6, 6.07) is 13.9. The van der Waals surface area contributed by atoms with Crippen molar-refractivity contribution in [3.63, 3.8) is 0 Å². The summed E-state index contributed by atoms with van der Waals surface area (Å²) in [4.78, 5) is 0. The van der Waals surface area contributed by atoms with Gasteiger partial charge < -0.3 is 0 Å². The summed E-state index contributed by atoms with van der Waals surface area (Å²) in [5, 5.41) is 13.0. The molecule has 144 valence electrons. The average molecular weight is 409 g/mol. The Labute approximate surface area is 157 Å². The van der Waals surface area contributed by atoms with Crippen LogP contribution in [0.25, 0.3) is 11.0 Å². The number of aryl methyl sites for hydroxylation is 1. The van der Waals surface area contributed by atoms with Gasteiger partial charge in [-0.05, 0) is 23.3 Å². The van der Waals surface area contributed by atoms with E-state index in [4.69, 9.17) is 5.14 Å². The van der Waals surface area contributed by atoms with Gasteiger partial charge in [-0.1, -0.05) is 41.6 Å². The highest BCUT2D eigenvalue weighted by molar-refractivity contribution is 7.89. The van der Waals surface area contributed by atoms with Crippen LogP contribution in [0.1, 0.15) is 11.1 Å². The lowest BCUT2D eigenvalue weighted by molar-refractivity contribution is 0.566. The van der Waals surface area contributed by atoms with E-state index in [9.17, 15) is 16.8 Å². The Kier molecular flexibility index (Phi) is 5.56. The maximum atomic E-state index is 12.2. The van der Waals surface area contributed by atoms with Gasteiger partial charge in [0.05, 0.1) is 23.6 Å². The lowest BCUT2D eigenvalue weighted by atomic mass is 10.1. The molecule has 0 saturated carbocycles. The molecule has 11 heteroatoms. The van der Waals surface area contributed by atoms with Gasteiger partial charge in [0.25, 0.3) is 0 Å². The van der Waals surface area contributed by atoms with Crippen LogP contribution in [-0.2, 0) is 38.9 Å². The van der Waals surface area contributed by atoms with Crippen molar-refractivity contribution in [2.24, 2.45) is 5.14 Å². The first kappa shape index (κ1) is 19.4. The topological polar surface area (TPSA) is 137 Å². The van der Waals surface area contributed by atoms with Crippen LogP contribution in [-0.4, -0.2) is 37.6 Å². The largest absolute Gasteiger partial charge is 0.244 e. The van der Waals surface area contributed by atoms with E-state index in [2.05, 4.69) is 15.0 Å². The van der Waals surface area contributed by atoms with Gasteiger partial charge in [0.1, 0.15) is 5.52 Å². The van der Waals surface area contributed by atoms with Gasteiger partial charge in [0.15, 0.2) is 0 Å². The maximum Gasteiger partial charge on any atom is 0.213 e. The Morgan fingerprint density at radius 2 is 1.63 bits per heavy atom. The Morgan fingerprint density at radius 3 is 2.33 bits per heavy atom. The normalized spacial score (nSPS) is 12.5. The Hall–Kier alpha value is -2.34. The van der Waals surface area contributed by atoms with Gasteiger partial charge in [0.2, 0.25) is 20.0 Å². The number of nitrogens with zero attached hydrogens (tertiary/aromatic N) is 3. The molecule has 3 N–H and O–H groups in total. The third-order valence-corrected chi connectivity index (χ3v) is 5.92. The highest BCUT2D eigenvalue weighted by Crippen LogP contribution is 2.10. The van der Waals surface area contributed by atoms with E-state index in [-0.39, 0.29) is 24.6 Å². The quantitative estimate of drug-likeness (QED) is 0.550. The third kappa shape index (κ3) is 5.57. The highest BCUT2D eigenvalue weighted by atomic mass is 32.2. The zero-order valence-electron chi connectivity index (χ0n) is 14.3. The molecule has 0 fully saturated rings. The van der Waals surface area contributed by atoms with E-state index >= 15 is 0 Å². The molecule has 0 bridgehead atoms. The number of aromatic nitrogens is 3. The molecule has 0 atom stereocenters. The summed E-state index contributed by atoms with van der Waals surface area (Å²) in [6.45, 7) is 0.291. The summed E-state index contributed by atoms with van der Waals surface area (Å²) in [5.41, 5.74) is 2.74. The van der Waals surface area contributed by atoms with E-state index in [1.807, 2.05) is 24.3 Å². The Balaban J connectivity index is 1.57. The van der Waals surface area contributed by atoms with Crippen molar-refractivity contribution < 1.29 is 16.8 Å². The predicted molar refractivity (Wildman–Crippen MR) is 101 cm³/mol. The second kappa shape index (κ2) is 7.72. The first-order valence-electron chi connectivity index (χ1n) is 8.06. The Morgan fingerprint density at radius 1 is 0.963 bits per heavy atom. The van der Waals surface area contributed by atoms with Crippen molar-refractivity contribution in [1.29, 1.82) is 0 Å². The molecule has 1 heterocycles. The molecule has 2 aromatic carbocycles. The van der Waals surface area contributed by atoms with Crippen LogP contribution in [0.15, 0.2) is 48.5 Å². The molecular formula is C16H19N5O4S2. The van der Waals surface area contributed by atoms with Crippen LogP contribution in [0.3, 0.4) is 0 Å². The molecule has 0 aliphatic carbocycles. The van der Waals surface area contributed by atoms with Crippen molar-refractivity contribution in [2.45, 2.75) is 18.8 Å². The summed E-state index contributed by atoms with van der Waals surface area (Å²) in [5.74, 6) is -0.394. The summed E-state index contributed by atoms with van der Waals surface area (Å²) < 4.78 is 50.7. The van der Waals surface area contributed by atoms with E-state index < -0.39 is 20.0 Å². The molecule has 3 rings (SSSR count). The van der Waals surface area contributed by atoms with Gasteiger partial charge >= 0.3 is 0 Å². The summed E-state index contributed by atoms with van der Waals surface area (Å²) in [6.07, 6.45) is 0. The standard InChI is InChI=1S/C16H19N5O4S2/c17-26(22,23)12-14-7-5-13(6-8-14)11-18-27(24,25)10-9-21-16-4-2-1-3-15(16)19-20-21/h1-8,18H,9-12H2,(H2,17,22,23). The molecule has 9 nitrogen and oxygen atoms in total. The fourth-order valence-corrected chi connectivity index (χ4v) is 4.14. The second-order valence-corrected chi connectivity index (χ2v) is 9.61. The predicted octanol–water partition coefficient (Wildman–Crippen LogP) is 0.339. The van der Waals surface area contributed by atoms with Crippen molar-refractivity contribution in [3.05, 3.63) is 59.7 Å². The van der Waals surface area contributed by atoms with Crippen molar-refractivity contribution in [2.75, 3.05) is 5.75 Å². The van der Waals surface area contributed by atoms with Crippen molar-refractivity contribution in [3.8, 4) is 0 Å². The summed E-state index contributed by atoms with van der Waals surface area (Å²) >= 11 is 0. The molecule has 0 aliphatic rings. The molecule has 3 aromatic rings. The van der Waals surface area contributed by atoms with E-state index in [1.54, 1.807) is 28.9 Å². The number of rotatable bonds is 8. The lowest BCUT2D eigenvalue weighted by Crippen LogP contribution is -2.28. The minimum absolute atomic E-state index is 0.107. The number of hydrogen-bond donors (Lipinski definition) is 2. The Bertz CT molecular complexity index is 1140. The SMILES string of the molecule is NS(=O)(=O)Cc1ccc(CNS(=O)(=O)CCn2nnc3ccccc32)cc1. The molecule has 0 saturated heterocycles. The van der Waals surface area contributed by atoms with Gasteiger partial charge in [-0.3, -0.25) is 0 Å². The van der Waals surface area contributed by atoms with Crippen LogP contribution in [0.4, 0.5) is 0 Å². The van der Waals surface area contributed by atoms with E-state index in [1.165, 1.54) is 0 Å². The fourth-order valence-electron chi connectivity index (χ4n) is 2.54. The number of nitrogens with two attached hydrogens (primary N) is 1. The van der Waals surface area contributed by atoms with Crippen LogP contribution < -0.4 is 9.86 Å². The smallest absolute Gasteiger partial charge is 0.213 e.